The number of hydrogen-bond donors (Lipinski definition) is 2. The van der Waals surface area contributed by atoms with Crippen molar-refractivity contribution in [2.45, 2.75) is 25.3 Å². The number of carbonyl (C=O) groups is 1. The lowest BCUT2D eigenvalue weighted by Crippen LogP contribution is -2.43. The lowest BCUT2D eigenvalue weighted by Gasteiger charge is -2.29. The number of aromatic nitrogens is 2. The number of nitrogens with zero attached hydrogens (tertiary/aromatic N) is 2. The van der Waals surface area contributed by atoms with E-state index in [0.717, 1.165) is 17.7 Å². The van der Waals surface area contributed by atoms with Crippen molar-refractivity contribution < 1.29 is 19.4 Å². The maximum Gasteiger partial charge on any atom is 0.280 e. The first-order valence-electron chi connectivity index (χ1n) is 5.98. The van der Waals surface area contributed by atoms with Gasteiger partial charge in [0.2, 0.25) is 6.29 Å². The molecule has 7 nitrogen and oxygen atoms in total. The van der Waals surface area contributed by atoms with Crippen molar-refractivity contribution in [2.75, 3.05) is 19.8 Å². The van der Waals surface area contributed by atoms with Crippen molar-refractivity contribution in [3.8, 4) is 0 Å². The van der Waals surface area contributed by atoms with Crippen LogP contribution in [0.3, 0.4) is 0 Å². The molecule has 0 saturated carbocycles. The molecular formula is C11H15N3O4. The van der Waals surface area contributed by atoms with Gasteiger partial charge in [-0.1, -0.05) is 0 Å². The zero-order valence-electron chi connectivity index (χ0n) is 9.83. The van der Waals surface area contributed by atoms with E-state index in [1.165, 1.54) is 0 Å². The van der Waals surface area contributed by atoms with E-state index >= 15 is 0 Å². The fourth-order valence-corrected chi connectivity index (χ4v) is 2.38. The Morgan fingerprint density at radius 2 is 2.33 bits per heavy atom. The van der Waals surface area contributed by atoms with Gasteiger partial charge in [0.05, 0.1) is 44.3 Å². The monoisotopic (exact) mass is 253 g/mol. The van der Waals surface area contributed by atoms with Crippen LogP contribution in [0.2, 0.25) is 0 Å². The predicted molar refractivity (Wildman–Crippen MR) is 59.3 cm³/mol. The zero-order chi connectivity index (χ0) is 12.5. The zero-order valence-corrected chi connectivity index (χ0v) is 9.83. The Bertz CT molecular complexity index is 441. The first kappa shape index (κ1) is 11.6. The van der Waals surface area contributed by atoms with Crippen molar-refractivity contribution in [1.29, 1.82) is 0 Å². The molecule has 7 heteroatoms. The smallest absolute Gasteiger partial charge is 0.280 e. The third kappa shape index (κ3) is 1.80. The Labute approximate surface area is 104 Å². The van der Waals surface area contributed by atoms with Gasteiger partial charge in [0.25, 0.3) is 5.91 Å². The fourth-order valence-electron chi connectivity index (χ4n) is 2.38. The van der Waals surface area contributed by atoms with Crippen LogP contribution in [0.4, 0.5) is 0 Å². The number of nitrogens with one attached hydrogen (secondary N) is 1. The van der Waals surface area contributed by atoms with Crippen LogP contribution in [0.1, 0.15) is 23.7 Å². The molecule has 0 spiro atoms. The number of ether oxygens (including phenoxy) is 2. The van der Waals surface area contributed by atoms with Crippen molar-refractivity contribution in [3.63, 3.8) is 0 Å². The van der Waals surface area contributed by atoms with Crippen molar-refractivity contribution in [1.82, 2.24) is 15.1 Å². The molecule has 0 bridgehead atoms. The van der Waals surface area contributed by atoms with Gasteiger partial charge in [0.1, 0.15) is 0 Å². The molecule has 0 aliphatic carbocycles. The first-order chi connectivity index (χ1) is 8.81. The molecule has 2 N–H and O–H groups in total. The molecule has 1 atom stereocenters. The lowest BCUT2D eigenvalue weighted by molar-refractivity contribution is -0.201. The van der Waals surface area contributed by atoms with E-state index in [-0.39, 0.29) is 18.6 Å². The van der Waals surface area contributed by atoms with E-state index in [9.17, 15) is 9.90 Å². The summed E-state index contributed by atoms with van der Waals surface area (Å²) in [6, 6.07) is -0.361. The van der Waals surface area contributed by atoms with Gasteiger partial charge in [0, 0.05) is 5.56 Å². The minimum atomic E-state index is -0.843. The van der Waals surface area contributed by atoms with Crippen LogP contribution in [0, 0.1) is 0 Å². The van der Waals surface area contributed by atoms with E-state index in [1.807, 2.05) is 0 Å². The van der Waals surface area contributed by atoms with Crippen molar-refractivity contribution >= 4 is 5.91 Å². The second-order valence-electron chi connectivity index (χ2n) is 4.40. The molecule has 1 saturated heterocycles. The molecule has 2 aliphatic rings. The summed E-state index contributed by atoms with van der Waals surface area (Å²) >= 11 is 0. The Balaban J connectivity index is 1.76. The molecule has 3 rings (SSSR count). The molecule has 0 aromatic carbocycles. The second kappa shape index (κ2) is 4.68. The Morgan fingerprint density at radius 1 is 1.56 bits per heavy atom. The van der Waals surface area contributed by atoms with E-state index in [4.69, 9.17) is 9.47 Å². The number of hydrogen-bond acceptors (Lipinski definition) is 5. The number of fused-ring (bicyclic) bond motifs is 1. The molecule has 0 radical (unpaired) electrons. The highest BCUT2D eigenvalue weighted by atomic mass is 16.7. The number of aliphatic hydroxyl groups is 1. The summed E-state index contributed by atoms with van der Waals surface area (Å²) in [5.41, 5.74) is 1.72. The van der Waals surface area contributed by atoms with Crippen molar-refractivity contribution in [2.24, 2.45) is 0 Å². The van der Waals surface area contributed by atoms with E-state index < -0.39 is 6.29 Å². The summed E-state index contributed by atoms with van der Waals surface area (Å²) in [7, 11) is 0. The SMILES string of the molecule is O=C(C1OCCCO1)N1Cc2[nH]ncc2C1CO. The fraction of sp³-hybridized carbons (Fsp3) is 0.636. The van der Waals surface area contributed by atoms with Crippen LogP contribution in [0.5, 0.6) is 0 Å². The molecule has 1 unspecified atom stereocenters. The highest BCUT2D eigenvalue weighted by Gasteiger charge is 2.38. The minimum Gasteiger partial charge on any atom is -0.394 e. The number of carbonyl (C=O) groups excluding carboxylic acids is 1. The predicted octanol–water partition coefficient (Wildman–Crippen LogP) is -0.452. The number of aliphatic hydroxyl groups excluding tert-OH is 1. The van der Waals surface area contributed by atoms with Crippen LogP contribution >= 0.6 is 0 Å². The maximum atomic E-state index is 12.3. The normalized spacial score (nSPS) is 24.3. The molecule has 1 aromatic rings. The Kier molecular flexibility index (Phi) is 3.02. The lowest BCUT2D eigenvalue weighted by atomic mass is 10.1. The topological polar surface area (TPSA) is 87.7 Å². The molecule has 18 heavy (non-hydrogen) atoms. The Hall–Kier alpha value is -1.44. The maximum absolute atomic E-state index is 12.3. The summed E-state index contributed by atoms with van der Waals surface area (Å²) < 4.78 is 10.6. The van der Waals surface area contributed by atoms with Gasteiger partial charge in [-0.2, -0.15) is 5.10 Å². The summed E-state index contributed by atoms with van der Waals surface area (Å²) in [6.45, 7) is 1.33. The van der Waals surface area contributed by atoms with Gasteiger partial charge in [-0.3, -0.25) is 9.89 Å². The van der Waals surface area contributed by atoms with Crippen LogP contribution < -0.4 is 0 Å². The third-order valence-corrected chi connectivity index (χ3v) is 3.30. The summed E-state index contributed by atoms with van der Waals surface area (Å²) in [5.74, 6) is -0.238. The van der Waals surface area contributed by atoms with E-state index in [2.05, 4.69) is 10.2 Å². The van der Waals surface area contributed by atoms with Gasteiger partial charge in [0.15, 0.2) is 0 Å². The first-order valence-corrected chi connectivity index (χ1v) is 5.98. The molecule has 3 heterocycles. The molecule has 1 fully saturated rings. The quantitative estimate of drug-likeness (QED) is 0.745. The van der Waals surface area contributed by atoms with Crippen molar-refractivity contribution in [3.05, 3.63) is 17.5 Å². The minimum absolute atomic E-state index is 0.134. The van der Waals surface area contributed by atoms with Gasteiger partial charge in [-0.25, -0.2) is 0 Å². The standard InChI is InChI=1S/C11H15N3O4/c15-6-9-7-4-12-13-8(7)5-14(9)10(16)11-17-2-1-3-18-11/h4,9,11,15H,1-3,5-6H2,(H,12,13). The van der Waals surface area contributed by atoms with Gasteiger partial charge < -0.3 is 19.5 Å². The molecule has 1 aromatic heterocycles. The number of aromatic amines is 1. The molecule has 2 aliphatic heterocycles. The van der Waals surface area contributed by atoms with Crippen LogP contribution in [-0.4, -0.2) is 52.2 Å². The molecule has 1 amide bonds. The van der Waals surface area contributed by atoms with Gasteiger partial charge in [-0.05, 0) is 6.42 Å². The van der Waals surface area contributed by atoms with E-state index in [1.54, 1.807) is 11.1 Å². The van der Waals surface area contributed by atoms with Gasteiger partial charge in [-0.15, -0.1) is 0 Å². The molecule has 98 valence electrons. The van der Waals surface area contributed by atoms with Crippen LogP contribution in [0.25, 0.3) is 0 Å². The van der Waals surface area contributed by atoms with Crippen LogP contribution in [0.15, 0.2) is 6.20 Å². The van der Waals surface area contributed by atoms with E-state index in [0.29, 0.717) is 19.8 Å². The average molecular weight is 253 g/mol. The number of H-pyrrole nitrogens is 1. The number of rotatable bonds is 2. The average Bonchev–Trinajstić information content (AvgIpc) is 2.98. The highest BCUT2D eigenvalue weighted by molar-refractivity contribution is 5.81. The summed E-state index contributed by atoms with van der Waals surface area (Å²) in [4.78, 5) is 13.8. The summed E-state index contributed by atoms with van der Waals surface area (Å²) in [5, 5.41) is 16.2. The highest BCUT2D eigenvalue weighted by Crippen LogP contribution is 2.32. The van der Waals surface area contributed by atoms with Crippen LogP contribution in [-0.2, 0) is 20.8 Å². The largest absolute Gasteiger partial charge is 0.394 e. The third-order valence-electron chi connectivity index (χ3n) is 3.30. The summed E-state index contributed by atoms with van der Waals surface area (Å²) in [6.07, 6.45) is 1.60. The second-order valence-corrected chi connectivity index (χ2v) is 4.40. The van der Waals surface area contributed by atoms with Gasteiger partial charge >= 0.3 is 0 Å². The number of amides is 1. The Morgan fingerprint density at radius 3 is 3.06 bits per heavy atom. The molecular weight excluding hydrogens is 238 g/mol.